The Labute approximate surface area is 117 Å². The van der Waals surface area contributed by atoms with Crippen LogP contribution in [0.2, 0.25) is 0 Å². The normalized spacial score (nSPS) is 14.3. The lowest BCUT2D eigenvalue weighted by Gasteiger charge is -2.23. The maximum atomic E-state index is 13.3. The molecule has 1 heterocycles. The molecule has 1 aromatic heterocycles. The van der Waals surface area contributed by atoms with E-state index in [0.29, 0.717) is 6.61 Å². The summed E-state index contributed by atoms with van der Waals surface area (Å²) in [5.74, 6) is -0.259. The number of hydrogen-bond donors (Lipinski definition) is 1. The zero-order valence-electron chi connectivity index (χ0n) is 10.9. The van der Waals surface area contributed by atoms with Gasteiger partial charge in [-0.2, -0.15) is 0 Å². The number of hydrogen-bond acceptors (Lipinski definition) is 3. The first-order valence-corrected chi connectivity index (χ1v) is 7.23. The van der Waals surface area contributed by atoms with Gasteiger partial charge in [0.25, 0.3) is 0 Å². The molecular weight excluding hydrogens is 261 g/mol. The van der Waals surface area contributed by atoms with Crippen molar-refractivity contribution in [2.24, 2.45) is 5.73 Å². The molecule has 2 N–H and O–H groups in total. The van der Waals surface area contributed by atoms with Crippen molar-refractivity contribution < 1.29 is 9.13 Å². The van der Waals surface area contributed by atoms with Crippen molar-refractivity contribution in [3.05, 3.63) is 58.0 Å². The molecule has 2 atom stereocenters. The lowest BCUT2D eigenvalue weighted by molar-refractivity contribution is 0.0225. The average molecular weight is 279 g/mol. The first kappa shape index (κ1) is 14.2. The van der Waals surface area contributed by atoms with E-state index in [0.717, 1.165) is 16.9 Å². The van der Waals surface area contributed by atoms with Gasteiger partial charge in [-0.3, -0.25) is 0 Å². The van der Waals surface area contributed by atoms with E-state index >= 15 is 0 Å². The van der Waals surface area contributed by atoms with Gasteiger partial charge in [-0.05, 0) is 35.6 Å². The fraction of sp³-hybridized carbons (Fsp3) is 0.333. The molecule has 0 radical (unpaired) electrons. The molecule has 2 rings (SSSR count). The average Bonchev–Trinajstić information content (AvgIpc) is 2.92. The van der Waals surface area contributed by atoms with E-state index in [1.165, 1.54) is 12.1 Å². The zero-order valence-corrected chi connectivity index (χ0v) is 11.7. The zero-order chi connectivity index (χ0) is 13.7. The smallest absolute Gasteiger partial charge is 0.123 e. The Morgan fingerprint density at radius 2 is 2.16 bits per heavy atom. The Kier molecular flexibility index (Phi) is 5.07. The summed E-state index contributed by atoms with van der Waals surface area (Å²) in [6, 6.07) is 10.3. The number of benzene rings is 1. The van der Waals surface area contributed by atoms with E-state index < -0.39 is 0 Å². The highest BCUT2D eigenvalue weighted by atomic mass is 32.1. The topological polar surface area (TPSA) is 35.2 Å². The highest BCUT2D eigenvalue weighted by Crippen LogP contribution is 2.25. The number of thiophene rings is 1. The van der Waals surface area contributed by atoms with Gasteiger partial charge in [0.15, 0.2) is 0 Å². The maximum absolute atomic E-state index is 13.3. The van der Waals surface area contributed by atoms with E-state index in [2.05, 4.69) is 0 Å². The summed E-state index contributed by atoms with van der Waals surface area (Å²) in [6.07, 6.45) is 0.508. The summed E-state index contributed by atoms with van der Waals surface area (Å²) in [5.41, 5.74) is 6.89. The standard InChI is InChI=1S/C15H18FNOS/c1-2-14(17)15(11-5-3-6-12(16)9-11)18-10-13-7-4-8-19-13/h3-9,14-15H,2,10,17H2,1H3. The molecule has 2 nitrogen and oxygen atoms in total. The third kappa shape index (κ3) is 3.86. The number of ether oxygens (including phenoxy) is 1. The summed E-state index contributed by atoms with van der Waals surface area (Å²) in [5, 5.41) is 2.01. The minimum absolute atomic E-state index is 0.137. The highest BCUT2D eigenvalue weighted by molar-refractivity contribution is 7.09. The van der Waals surface area contributed by atoms with Crippen LogP contribution < -0.4 is 5.73 Å². The fourth-order valence-electron chi connectivity index (χ4n) is 1.93. The predicted octanol–water partition coefficient (Wildman–Crippen LogP) is 3.88. The second-order valence-electron chi connectivity index (χ2n) is 4.44. The molecule has 2 aromatic rings. The number of nitrogens with two attached hydrogens (primary N) is 1. The molecule has 19 heavy (non-hydrogen) atoms. The van der Waals surface area contributed by atoms with Crippen LogP contribution in [-0.2, 0) is 11.3 Å². The number of rotatable bonds is 6. The van der Waals surface area contributed by atoms with Crippen molar-refractivity contribution in [2.75, 3.05) is 0 Å². The molecule has 0 amide bonds. The summed E-state index contributed by atoms with van der Waals surface area (Å²) >= 11 is 1.64. The Balaban J connectivity index is 2.11. The first-order chi connectivity index (χ1) is 9.20. The molecule has 0 fully saturated rings. The second kappa shape index (κ2) is 6.80. The summed E-state index contributed by atoms with van der Waals surface area (Å²) in [6.45, 7) is 2.51. The van der Waals surface area contributed by atoms with Crippen LogP contribution in [0.25, 0.3) is 0 Å². The monoisotopic (exact) mass is 279 g/mol. The molecule has 0 saturated carbocycles. The molecule has 0 saturated heterocycles. The highest BCUT2D eigenvalue weighted by Gasteiger charge is 2.20. The van der Waals surface area contributed by atoms with Crippen molar-refractivity contribution in [3.8, 4) is 0 Å². The first-order valence-electron chi connectivity index (χ1n) is 6.35. The predicted molar refractivity (Wildman–Crippen MR) is 76.5 cm³/mol. The maximum Gasteiger partial charge on any atom is 0.123 e. The number of halogens is 1. The molecular formula is C15H18FNOS. The van der Waals surface area contributed by atoms with Crippen molar-refractivity contribution in [1.82, 2.24) is 0 Å². The van der Waals surface area contributed by atoms with Crippen molar-refractivity contribution in [2.45, 2.75) is 32.1 Å². The Hall–Kier alpha value is -1.23. The largest absolute Gasteiger partial charge is 0.366 e. The molecule has 0 bridgehead atoms. The van der Waals surface area contributed by atoms with E-state index in [9.17, 15) is 4.39 Å². The molecule has 102 valence electrons. The third-order valence-electron chi connectivity index (χ3n) is 3.02. The second-order valence-corrected chi connectivity index (χ2v) is 5.47. The van der Waals surface area contributed by atoms with E-state index in [1.807, 2.05) is 30.5 Å². The van der Waals surface area contributed by atoms with Crippen LogP contribution in [0.4, 0.5) is 4.39 Å². The van der Waals surface area contributed by atoms with Gasteiger partial charge in [0.2, 0.25) is 0 Å². The van der Waals surface area contributed by atoms with Crippen LogP contribution in [0.1, 0.15) is 29.9 Å². The molecule has 0 spiro atoms. The molecule has 0 aliphatic carbocycles. The Morgan fingerprint density at radius 1 is 1.32 bits per heavy atom. The van der Waals surface area contributed by atoms with Crippen LogP contribution in [0.3, 0.4) is 0 Å². The van der Waals surface area contributed by atoms with Crippen LogP contribution in [0.15, 0.2) is 41.8 Å². The Morgan fingerprint density at radius 3 is 2.79 bits per heavy atom. The van der Waals surface area contributed by atoms with Crippen LogP contribution >= 0.6 is 11.3 Å². The SMILES string of the molecule is CCC(N)C(OCc1cccs1)c1cccc(F)c1. The summed E-state index contributed by atoms with van der Waals surface area (Å²) in [4.78, 5) is 1.14. The van der Waals surface area contributed by atoms with Gasteiger partial charge in [0, 0.05) is 10.9 Å². The van der Waals surface area contributed by atoms with Gasteiger partial charge in [-0.25, -0.2) is 4.39 Å². The van der Waals surface area contributed by atoms with Gasteiger partial charge in [0.05, 0.1) is 12.7 Å². The third-order valence-corrected chi connectivity index (χ3v) is 3.87. The van der Waals surface area contributed by atoms with E-state index in [1.54, 1.807) is 17.4 Å². The molecule has 0 aliphatic rings. The van der Waals surface area contributed by atoms with Crippen LogP contribution in [-0.4, -0.2) is 6.04 Å². The lowest BCUT2D eigenvalue weighted by Crippen LogP contribution is -2.29. The van der Waals surface area contributed by atoms with Gasteiger partial charge in [-0.15, -0.1) is 11.3 Å². The van der Waals surface area contributed by atoms with Gasteiger partial charge < -0.3 is 10.5 Å². The fourth-order valence-corrected chi connectivity index (χ4v) is 2.56. The van der Waals surface area contributed by atoms with Gasteiger partial charge in [0.1, 0.15) is 5.82 Å². The molecule has 4 heteroatoms. The summed E-state index contributed by atoms with van der Waals surface area (Å²) in [7, 11) is 0. The van der Waals surface area contributed by atoms with Gasteiger partial charge in [-0.1, -0.05) is 25.1 Å². The summed E-state index contributed by atoms with van der Waals surface area (Å²) < 4.78 is 19.2. The minimum Gasteiger partial charge on any atom is -0.366 e. The van der Waals surface area contributed by atoms with E-state index in [-0.39, 0.29) is 18.0 Å². The van der Waals surface area contributed by atoms with E-state index in [4.69, 9.17) is 10.5 Å². The lowest BCUT2D eigenvalue weighted by atomic mass is 10.0. The van der Waals surface area contributed by atoms with Crippen LogP contribution in [0, 0.1) is 5.82 Å². The van der Waals surface area contributed by atoms with Crippen molar-refractivity contribution in [1.29, 1.82) is 0 Å². The van der Waals surface area contributed by atoms with Crippen molar-refractivity contribution >= 4 is 11.3 Å². The Bertz CT molecular complexity index is 501. The van der Waals surface area contributed by atoms with Crippen molar-refractivity contribution in [3.63, 3.8) is 0 Å². The van der Waals surface area contributed by atoms with Crippen LogP contribution in [0.5, 0.6) is 0 Å². The molecule has 0 aliphatic heterocycles. The quantitative estimate of drug-likeness (QED) is 0.871. The molecule has 1 aromatic carbocycles. The minimum atomic E-state index is -0.275. The molecule has 2 unspecified atom stereocenters. The van der Waals surface area contributed by atoms with Gasteiger partial charge >= 0.3 is 0 Å².